The molecule has 2 heterocycles. The molecule has 0 spiro atoms. The average Bonchev–Trinajstić information content (AvgIpc) is 3.09. The molecule has 0 atom stereocenters. The van der Waals surface area contributed by atoms with Crippen molar-refractivity contribution in [3.05, 3.63) is 47.1 Å². The number of piperidine rings is 1. The maximum absolute atomic E-state index is 12.8. The normalized spacial score (nSPS) is 16.3. The van der Waals surface area contributed by atoms with Crippen molar-refractivity contribution in [3.63, 3.8) is 0 Å². The number of hydrogen-bond acceptors (Lipinski definition) is 6. The summed E-state index contributed by atoms with van der Waals surface area (Å²) in [5, 5.41) is 3.94. The van der Waals surface area contributed by atoms with Crippen LogP contribution in [0.1, 0.15) is 54.3 Å². The number of carbonyl (C=O) groups is 1. The summed E-state index contributed by atoms with van der Waals surface area (Å²) in [6, 6.07) is 8.15. The van der Waals surface area contributed by atoms with Gasteiger partial charge in [0.15, 0.2) is 11.6 Å². The van der Waals surface area contributed by atoms with E-state index in [1.165, 1.54) is 5.56 Å². The van der Waals surface area contributed by atoms with Gasteiger partial charge in [0, 0.05) is 11.5 Å². The lowest BCUT2D eigenvalue weighted by Gasteiger charge is -2.30. The first-order valence-corrected chi connectivity index (χ1v) is 9.42. The van der Waals surface area contributed by atoms with E-state index < -0.39 is 0 Å². The maximum Gasteiger partial charge on any atom is 0.240 e. The Morgan fingerprint density at radius 3 is 2.54 bits per heavy atom. The second kappa shape index (κ2) is 8.56. The summed E-state index contributed by atoms with van der Waals surface area (Å²) in [7, 11) is 0. The van der Waals surface area contributed by atoms with Crippen LogP contribution in [-0.2, 0) is 19.5 Å². The van der Waals surface area contributed by atoms with E-state index in [1.807, 2.05) is 12.1 Å². The van der Waals surface area contributed by atoms with Crippen LogP contribution in [0.4, 0.5) is 0 Å². The van der Waals surface area contributed by atoms with E-state index in [-0.39, 0.29) is 18.2 Å². The molecule has 3 rings (SSSR count). The summed E-state index contributed by atoms with van der Waals surface area (Å²) >= 11 is 0. The van der Waals surface area contributed by atoms with Crippen molar-refractivity contribution in [2.24, 2.45) is 17.6 Å². The summed E-state index contributed by atoms with van der Waals surface area (Å²) in [6.07, 6.45) is 2.79. The fourth-order valence-corrected chi connectivity index (χ4v) is 3.50. The SMILES string of the molecule is CC(C)Cc1ccc(C(=O)C2CCN(Cc3noc(CN)n3)CC2)cc1. The van der Waals surface area contributed by atoms with E-state index in [1.54, 1.807) is 0 Å². The van der Waals surface area contributed by atoms with Crippen molar-refractivity contribution in [2.75, 3.05) is 13.1 Å². The van der Waals surface area contributed by atoms with Crippen molar-refractivity contribution in [1.29, 1.82) is 0 Å². The van der Waals surface area contributed by atoms with Crippen molar-refractivity contribution >= 4 is 5.78 Å². The first-order chi connectivity index (χ1) is 12.5. The van der Waals surface area contributed by atoms with Gasteiger partial charge in [-0.2, -0.15) is 4.98 Å². The Labute approximate surface area is 154 Å². The number of hydrogen-bond donors (Lipinski definition) is 1. The van der Waals surface area contributed by atoms with E-state index in [2.05, 4.69) is 41.0 Å². The first kappa shape index (κ1) is 18.7. The van der Waals surface area contributed by atoms with Gasteiger partial charge in [-0.15, -0.1) is 0 Å². The van der Waals surface area contributed by atoms with Crippen molar-refractivity contribution in [2.45, 2.75) is 46.2 Å². The van der Waals surface area contributed by atoms with Gasteiger partial charge in [0.25, 0.3) is 0 Å². The standard InChI is InChI=1S/C20H28N4O2/c1-14(2)11-15-3-5-16(6-4-15)20(25)17-7-9-24(10-8-17)13-18-22-19(12-21)26-23-18/h3-6,14,17H,7-13,21H2,1-2H3. The molecule has 2 N–H and O–H groups in total. The summed E-state index contributed by atoms with van der Waals surface area (Å²) < 4.78 is 5.04. The van der Waals surface area contributed by atoms with Gasteiger partial charge >= 0.3 is 0 Å². The molecule has 2 aromatic rings. The molecule has 6 heteroatoms. The van der Waals surface area contributed by atoms with Gasteiger partial charge in [0.05, 0.1) is 13.1 Å². The van der Waals surface area contributed by atoms with Crippen molar-refractivity contribution in [3.8, 4) is 0 Å². The predicted molar refractivity (Wildman–Crippen MR) is 99.5 cm³/mol. The topological polar surface area (TPSA) is 85.2 Å². The zero-order chi connectivity index (χ0) is 18.5. The van der Waals surface area contributed by atoms with Crippen LogP contribution < -0.4 is 5.73 Å². The van der Waals surface area contributed by atoms with E-state index in [4.69, 9.17) is 10.3 Å². The van der Waals surface area contributed by atoms with Crippen LogP contribution >= 0.6 is 0 Å². The minimum Gasteiger partial charge on any atom is -0.338 e. The third-order valence-electron chi connectivity index (χ3n) is 4.89. The molecule has 0 bridgehead atoms. The lowest BCUT2D eigenvalue weighted by molar-refractivity contribution is 0.0832. The maximum atomic E-state index is 12.8. The Bertz CT molecular complexity index is 716. The lowest BCUT2D eigenvalue weighted by atomic mass is 9.88. The average molecular weight is 356 g/mol. The molecule has 26 heavy (non-hydrogen) atoms. The number of aromatic nitrogens is 2. The number of carbonyl (C=O) groups excluding carboxylic acids is 1. The first-order valence-electron chi connectivity index (χ1n) is 9.42. The van der Waals surface area contributed by atoms with Crippen LogP contribution in [-0.4, -0.2) is 33.9 Å². The molecule has 0 aliphatic carbocycles. The van der Waals surface area contributed by atoms with Gasteiger partial charge < -0.3 is 10.3 Å². The third kappa shape index (κ3) is 4.77. The Hall–Kier alpha value is -2.05. The molecule has 0 saturated carbocycles. The highest BCUT2D eigenvalue weighted by Crippen LogP contribution is 2.23. The number of ketones is 1. The Morgan fingerprint density at radius 1 is 1.27 bits per heavy atom. The van der Waals surface area contributed by atoms with Crippen molar-refractivity contribution in [1.82, 2.24) is 15.0 Å². The fraction of sp³-hybridized carbons (Fsp3) is 0.550. The highest BCUT2D eigenvalue weighted by Gasteiger charge is 2.26. The van der Waals surface area contributed by atoms with E-state index >= 15 is 0 Å². The molecule has 0 radical (unpaired) electrons. The molecule has 1 aromatic carbocycles. The molecule has 6 nitrogen and oxygen atoms in total. The van der Waals surface area contributed by atoms with Gasteiger partial charge in [-0.3, -0.25) is 9.69 Å². The highest BCUT2D eigenvalue weighted by molar-refractivity contribution is 5.97. The zero-order valence-corrected chi connectivity index (χ0v) is 15.6. The summed E-state index contributed by atoms with van der Waals surface area (Å²) in [5.74, 6) is 2.13. The van der Waals surface area contributed by atoms with Crippen LogP contribution in [0.25, 0.3) is 0 Å². The van der Waals surface area contributed by atoms with Crippen molar-refractivity contribution < 1.29 is 9.32 Å². The van der Waals surface area contributed by atoms with Gasteiger partial charge in [0.1, 0.15) is 0 Å². The minimum absolute atomic E-state index is 0.104. The third-order valence-corrected chi connectivity index (χ3v) is 4.89. The number of benzene rings is 1. The number of likely N-dealkylation sites (tertiary alicyclic amines) is 1. The van der Waals surface area contributed by atoms with Gasteiger partial charge in [-0.05, 0) is 43.8 Å². The molecule has 140 valence electrons. The summed E-state index contributed by atoms with van der Waals surface area (Å²) in [6.45, 7) is 7.06. The molecule has 1 fully saturated rings. The number of rotatable bonds is 7. The zero-order valence-electron chi connectivity index (χ0n) is 15.6. The molecule has 1 aliphatic rings. The van der Waals surface area contributed by atoms with Crippen LogP contribution in [0.3, 0.4) is 0 Å². The van der Waals surface area contributed by atoms with Crippen LogP contribution in [0.5, 0.6) is 0 Å². The molecule has 0 amide bonds. The quantitative estimate of drug-likeness (QED) is 0.768. The highest BCUT2D eigenvalue weighted by atomic mass is 16.5. The van der Waals surface area contributed by atoms with Crippen LogP contribution in [0.2, 0.25) is 0 Å². The molecule has 1 saturated heterocycles. The molecule has 1 aliphatic heterocycles. The monoisotopic (exact) mass is 356 g/mol. The second-order valence-electron chi connectivity index (χ2n) is 7.52. The van der Waals surface area contributed by atoms with Gasteiger partial charge in [-0.25, -0.2) is 0 Å². The molecule has 1 aromatic heterocycles. The number of nitrogens with zero attached hydrogens (tertiary/aromatic N) is 3. The molecular weight excluding hydrogens is 328 g/mol. The van der Waals surface area contributed by atoms with E-state index in [0.29, 0.717) is 24.2 Å². The Balaban J connectivity index is 1.51. The van der Waals surface area contributed by atoms with Gasteiger partial charge in [-0.1, -0.05) is 43.3 Å². The van der Waals surface area contributed by atoms with Crippen LogP contribution in [0, 0.1) is 11.8 Å². The fourth-order valence-electron chi connectivity index (χ4n) is 3.50. The Kier molecular flexibility index (Phi) is 6.16. The number of nitrogens with two attached hydrogens (primary N) is 1. The van der Waals surface area contributed by atoms with E-state index in [9.17, 15) is 4.79 Å². The lowest BCUT2D eigenvalue weighted by Crippen LogP contribution is -2.36. The predicted octanol–water partition coefficient (Wildman–Crippen LogP) is 2.82. The summed E-state index contributed by atoms with van der Waals surface area (Å²) in [4.78, 5) is 19.3. The Morgan fingerprint density at radius 2 is 1.96 bits per heavy atom. The molecular formula is C20H28N4O2. The second-order valence-corrected chi connectivity index (χ2v) is 7.52. The minimum atomic E-state index is 0.104. The van der Waals surface area contributed by atoms with Gasteiger partial charge in [0.2, 0.25) is 5.89 Å². The van der Waals surface area contributed by atoms with Crippen LogP contribution in [0.15, 0.2) is 28.8 Å². The smallest absolute Gasteiger partial charge is 0.240 e. The van der Waals surface area contributed by atoms with E-state index in [0.717, 1.165) is 37.9 Å². The largest absolute Gasteiger partial charge is 0.338 e. The molecule has 0 unspecified atom stereocenters. The number of Topliss-reactive ketones (excluding diaryl/α,β-unsaturated/α-hetero) is 1. The summed E-state index contributed by atoms with van der Waals surface area (Å²) in [5.41, 5.74) is 7.62.